The summed E-state index contributed by atoms with van der Waals surface area (Å²) in [6, 6.07) is 4.36. The fourth-order valence-electron chi connectivity index (χ4n) is 2.17. The number of nitrogens with zero attached hydrogens (tertiary/aromatic N) is 2. The highest BCUT2D eigenvalue weighted by Crippen LogP contribution is 2.29. The quantitative estimate of drug-likeness (QED) is 0.729. The highest BCUT2D eigenvalue weighted by atomic mass is 79.9. The smallest absolute Gasteiger partial charge is 0.262 e. The van der Waals surface area contributed by atoms with Gasteiger partial charge in [0.2, 0.25) is 11.6 Å². The summed E-state index contributed by atoms with van der Waals surface area (Å²) in [7, 11) is 0. The van der Waals surface area contributed by atoms with Gasteiger partial charge in [-0.05, 0) is 32.0 Å². The van der Waals surface area contributed by atoms with Crippen LogP contribution in [0.15, 0.2) is 33.4 Å². The second-order valence-electron chi connectivity index (χ2n) is 5.10. The van der Waals surface area contributed by atoms with Crippen molar-refractivity contribution in [2.24, 2.45) is 0 Å². The van der Waals surface area contributed by atoms with Crippen LogP contribution < -0.4 is 10.1 Å². The summed E-state index contributed by atoms with van der Waals surface area (Å²) in [6.07, 6.45) is 1.30. The molecular weight excluding hydrogens is 381 g/mol. The Labute approximate surface area is 145 Å². The van der Waals surface area contributed by atoms with Gasteiger partial charge in [-0.2, -0.15) is 0 Å². The molecule has 0 fully saturated rings. The number of carbonyl (C=O) groups excluding carboxylic acids is 1. The number of aromatic nitrogens is 2. The maximum atomic E-state index is 13.7. The van der Waals surface area contributed by atoms with E-state index in [0.29, 0.717) is 21.3 Å². The van der Waals surface area contributed by atoms with Crippen molar-refractivity contribution in [3.05, 3.63) is 46.1 Å². The van der Waals surface area contributed by atoms with Gasteiger partial charge in [-0.15, -0.1) is 0 Å². The number of furan rings is 1. The van der Waals surface area contributed by atoms with Crippen molar-refractivity contribution in [3.8, 4) is 5.88 Å². The highest BCUT2D eigenvalue weighted by Gasteiger charge is 2.16. The third-order valence-corrected chi connectivity index (χ3v) is 3.97. The van der Waals surface area contributed by atoms with Gasteiger partial charge >= 0.3 is 0 Å². The number of carbonyl (C=O) groups is 1. The lowest BCUT2D eigenvalue weighted by molar-refractivity contribution is -0.118. The van der Waals surface area contributed by atoms with E-state index in [9.17, 15) is 9.18 Å². The zero-order valence-corrected chi connectivity index (χ0v) is 14.5. The highest BCUT2D eigenvalue weighted by molar-refractivity contribution is 9.10. The lowest BCUT2D eigenvalue weighted by atomic mass is 10.2. The molecule has 2 heterocycles. The first kappa shape index (κ1) is 16.4. The molecule has 6 nitrogen and oxygen atoms in total. The summed E-state index contributed by atoms with van der Waals surface area (Å²) in [5.41, 5.74) is 1.32. The topological polar surface area (TPSA) is 77.2 Å². The fraction of sp³-hybridized carbons (Fsp3) is 0.188. The maximum absolute atomic E-state index is 13.7. The van der Waals surface area contributed by atoms with Gasteiger partial charge in [0.1, 0.15) is 23.3 Å². The van der Waals surface area contributed by atoms with Crippen LogP contribution in [0.1, 0.15) is 11.3 Å². The van der Waals surface area contributed by atoms with Gasteiger partial charge in [0.25, 0.3) is 5.91 Å². The van der Waals surface area contributed by atoms with E-state index < -0.39 is 11.7 Å². The Kier molecular flexibility index (Phi) is 4.48. The predicted molar refractivity (Wildman–Crippen MR) is 89.5 cm³/mol. The first-order valence-corrected chi connectivity index (χ1v) is 7.83. The Bertz CT molecular complexity index is 926. The number of nitrogens with one attached hydrogen (secondary N) is 1. The van der Waals surface area contributed by atoms with Crippen LogP contribution in [0, 0.1) is 19.7 Å². The molecule has 24 heavy (non-hydrogen) atoms. The molecule has 0 aliphatic rings. The SMILES string of the molecule is Cc1oc2ncnc(OCC(=O)Nc3ccc(Br)cc3F)c2c1C. The van der Waals surface area contributed by atoms with Crippen molar-refractivity contribution in [2.45, 2.75) is 13.8 Å². The average Bonchev–Trinajstić information content (AvgIpc) is 2.83. The molecule has 3 rings (SSSR count). The van der Waals surface area contributed by atoms with Gasteiger partial charge in [-0.3, -0.25) is 4.79 Å². The van der Waals surface area contributed by atoms with E-state index in [1.54, 1.807) is 6.07 Å². The molecule has 0 unspecified atom stereocenters. The van der Waals surface area contributed by atoms with Crippen LogP contribution in [0.25, 0.3) is 11.1 Å². The molecule has 0 bridgehead atoms. The Hall–Kier alpha value is -2.48. The molecule has 0 saturated heterocycles. The van der Waals surface area contributed by atoms with E-state index in [1.165, 1.54) is 18.5 Å². The normalized spacial score (nSPS) is 10.8. The third-order valence-electron chi connectivity index (χ3n) is 3.48. The first-order chi connectivity index (χ1) is 11.5. The number of ether oxygens (including phenoxy) is 1. The molecule has 0 spiro atoms. The van der Waals surface area contributed by atoms with Crippen LogP contribution in [-0.4, -0.2) is 22.5 Å². The van der Waals surface area contributed by atoms with E-state index >= 15 is 0 Å². The molecule has 1 amide bonds. The zero-order chi connectivity index (χ0) is 17.3. The van der Waals surface area contributed by atoms with Crippen molar-refractivity contribution in [1.82, 2.24) is 9.97 Å². The Morgan fingerprint density at radius 2 is 2.17 bits per heavy atom. The van der Waals surface area contributed by atoms with Crippen molar-refractivity contribution >= 4 is 38.6 Å². The van der Waals surface area contributed by atoms with Crippen molar-refractivity contribution in [1.29, 1.82) is 0 Å². The summed E-state index contributed by atoms with van der Waals surface area (Å²) < 4.78 is 25.2. The predicted octanol–water partition coefficient (Wildman–Crippen LogP) is 3.76. The number of aryl methyl sites for hydroxylation is 2. The largest absolute Gasteiger partial charge is 0.467 e. The second-order valence-corrected chi connectivity index (χ2v) is 6.02. The Morgan fingerprint density at radius 3 is 2.92 bits per heavy atom. The minimum Gasteiger partial charge on any atom is -0.467 e. The molecule has 2 aromatic heterocycles. The molecule has 1 N–H and O–H groups in total. The maximum Gasteiger partial charge on any atom is 0.262 e. The number of anilines is 1. The van der Waals surface area contributed by atoms with E-state index in [0.717, 1.165) is 5.56 Å². The minimum atomic E-state index is -0.538. The summed E-state index contributed by atoms with van der Waals surface area (Å²) >= 11 is 3.16. The summed E-state index contributed by atoms with van der Waals surface area (Å²) in [5.74, 6) is -0.0816. The van der Waals surface area contributed by atoms with Crippen LogP contribution in [0.2, 0.25) is 0 Å². The van der Waals surface area contributed by atoms with E-state index in [2.05, 4.69) is 31.2 Å². The number of hydrogen-bond donors (Lipinski definition) is 1. The fourth-order valence-corrected chi connectivity index (χ4v) is 2.50. The third kappa shape index (κ3) is 3.23. The molecule has 124 valence electrons. The molecule has 0 radical (unpaired) electrons. The van der Waals surface area contributed by atoms with Crippen molar-refractivity contribution in [2.75, 3.05) is 11.9 Å². The van der Waals surface area contributed by atoms with Gasteiger partial charge in [0, 0.05) is 10.0 Å². The summed E-state index contributed by atoms with van der Waals surface area (Å²) in [5, 5.41) is 3.07. The van der Waals surface area contributed by atoms with E-state index in [1.807, 2.05) is 13.8 Å². The summed E-state index contributed by atoms with van der Waals surface area (Å²) in [4.78, 5) is 20.0. The van der Waals surface area contributed by atoms with Crippen LogP contribution in [-0.2, 0) is 4.79 Å². The van der Waals surface area contributed by atoms with Crippen molar-refractivity contribution in [3.63, 3.8) is 0 Å². The standard InChI is InChI=1S/C16H13BrFN3O3/c1-8-9(2)24-16-14(8)15(19-7-20-16)23-6-13(22)21-12-4-3-10(17)5-11(12)18/h3-5,7H,6H2,1-2H3,(H,21,22). The minimum absolute atomic E-state index is 0.0787. The lowest BCUT2D eigenvalue weighted by Crippen LogP contribution is -2.21. The number of amides is 1. The van der Waals surface area contributed by atoms with Gasteiger partial charge < -0.3 is 14.5 Å². The molecule has 3 aromatic rings. The van der Waals surface area contributed by atoms with Crippen molar-refractivity contribution < 1.29 is 18.3 Å². The first-order valence-electron chi connectivity index (χ1n) is 7.04. The molecule has 0 aliphatic heterocycles. The number of rotatable bonds is 4. The van der Waals surface area contributed by atoms with Crippen LogP contribution in [0.3, 0.4) is 0 Å². The number of hydrogen-bond acceptors (Lipinski definition) is 5. The number of fused-ring (bicyclic) bond motifs is 1. The molecule has 0 aliphatic carbocycles. The molecule has 8 heteroatoms. The van der Waals surface area contributed by atoms with Gasteiger partial charge in [0.05, 0.1) is 5.69 Å². The molecule has 1 aromatic carbocycles. The Morgan fingerprint density at radius 1 is 1.38 bits per heavy atom. The van der Waals surface area contributed by atoms with Gasteiger partial charge in [-0.1, -0.05) is 15.9 Å². The van der Waals surface area contributed by atoms with E-state index in [4.69, 9.17) is 9.15 Å². The number of halogens is 2. The van der Waals surface area contributed by atoms with Crippen LogP contribution in [0.5, 0.6) is 5.88 Å². The lowest BCUT2D eigenvalue weighted by Gasteiger charge is -2.08. The zero-order valence-electron chi connectivity index (χ0n) is 12.9. The van der Waals surface area contributed by atoms with Gasteiger partial charge in [0.15, 0.2) is 6.61 Å². The second kappa shape index (κ2) is 6.56. The molecule has 0 saturated carbocycles. The van der Waals surface area contributed by atoms with Gasteiger partial charge in [-0.25, -0.2) is 14.4 Å². The summed E-state index contributed by atoms with van der Waals surface area (Å²) in [6.45, 7) is 3.35. The molecule has 0 atom stereocenters. The average molecular weight is 394 g/mol. The van der Waals surface area contributed by atoms with E-state index in [-0.39, 0.29) is 18.2 Å². The monoisotopic (exact) mass is 393 g/mol. The van der Waals surface area contributed by atoms with Crippen LogP contribution >= 0.6 is 15.9 Å². The molecular formula is C16H13BrFN3O3. The Balaban J connectivity index is 1.73. The number of benzene rings is 1. The van der Waals surface area contributed by atoms with Crippen LogP contribution in [0.4, 0.5) is 10.1 Å².